The number of nitrogens with zero attached hydrogens (tertiary/aromatic N) is 1. The van der Waals surface area contributed by atoms with Crippen molar-refractivity contribution in [3.63, 3.8) is 0 Å². The molecule has 61 valence electrons. The summed E-state index contributed by atoms with van der Waals surface area (Å²) >= 11 is 0. The van der Waals surface area contributed by atoms with Gasteiger partial charge < -0.3 is 0 Å². The summed E-state index contributed by atoms with van der Waals surface area (Å²) in [4.78, 5) is 0. The van der Waals surface area contributed by atoms with Gasteiger partial charge in [0.1, 0.15) is 0 Å². The zero-order valence-electron chi connectivity index (χ0n) is 7.09. The largest absolute Gasteiger partial charge is 0.278 e. The molecule has 0 atom stereocenters. The van der Waals surface area contributed by atoms with Crippen molar-refractivity contribution in [1.29, 1.82) is 0 Å². The van der Waals surface area contributed by atoms with Crippen LogP contribution in [0.2, 0.25) is 0 Å². The fourth-order valence-corrected chi connectivity index (χ4v) is 1.39. The monoisotopic (exact) mass is 159 g/mol. The number of rotatable bonds is 1. The molecule has 12 heavy (non-hydrogen) atoms. The molecule has 1 radical (unpaired) electrons. The Kier molecular flexibility index (Phi) is 1.61. The molecule has 2 aromatic rings. The molecule has 0 fully saturated rings. The maximum atomic E-state index is 4.20. The topological polar surface area (TPSA) is 28.7 Å². The van der Waals surface area contributed by atoms with Crippen molar-refractivity contribution < 1.29 is 0 Å². The molecule has 0 aliphatic heterocycles. The van der Waals surface area contributed by atoms with Crippen LogP contribution in [0.25, 0.3) is 10.9 Å². The van der Waals surface area contributed by atoms with E-state index < -0.39 is 0 Å². The number of hydrogen-bond acceptors (Lipinski definition) is 1. The average Bonchev–Trinajstić information content (AvgIpc) is 2.46. The smallest absolute Gasteiger partial charge is 0.0698 e. The van der Waals surface area contributed by atoms with Gasteiger partial charge in [-0.25, -0.2) is 0 Å². The van der Waals surface area contributed by atoms with Crippen molar-refractivity contribution in [2.75, 3.05) is 0 Å². The lowest BCUT2D eigenvalue weighted by Gasteiger charge is -1.93. The number of benzene rings is 1. The van der Waals surface area contributed by atoms with Gasteiger partial charge in [0.2, 0.25) is 0 Å². The number of nitrogens with one attached hydrogen (secondary N) is 1. The Labute approximate surface area is 71.6 Å². The maximum Gasteiger partial charge on any atom is 0.0698 e. The minimum atomic E-state index is 0.962. The van der Waals surface area contributed by atoms with E-state index in [1.165, 1.54) is 5.39 Å². The van der Waals surface area contributed by atoms with E-state index in [0.717, 1.165) is 23.2 Å². The van der Waals surface area contributed by atoms with Gasteiger partial charge in [0.15, 0.2) is 0 Å². The second-order valence-corrected chi connectivity index (χ2v) is 2.90. The van der Waals surface area contributed by atoms with Crippen molar-refractivity contribution in [1.82, 2.24) is 10.2 Å². The lowest BCUT2D eigenvalue weighted by Crippen LogP contribution is -1.79. The van der Waals surface area contributed by atoms with E-state index in [-0.39, 0.29) is 0 Å². The molecular formula is C10H11N2. The van der Waals surface area contributed by atoms with Crippen molar-refractivity contribution in [2.45, 2.75) is 13.3 Å². The van der Waals surface area contributed by atoms with Crippen molar-refractivity contribution >= 4 is 10.9 Å². The summed E-state index contributed by atoms with van der Waals surface area (Å²) in [5.74, 6) is 0. The molecule has 2 heteroatoms. The fourth-order valence-electron chi connectivity index (χ4n) is 1.39. The molecule has 0 unspecified atom stereocenters. The Morgan fingerprint density at radius 1 is 1.50 bits per heavy atom. The third kappa shape index (κ3) is 0.998. The zero-order chi connectivity index (χ0) is 8.55. The lowest BCUT2D eigenvalue weighted by molar-refractivity contribution is 0.988. The summed E-state index contributed by atoms with van der Waals surface area (Å²) in [5.41, 5.74) is 3.26. The van der Waals surface area contributed by atoms with Crippen LogP contribution in [0.4, 0.5) is 0 Å². The highest BCUT2D eigenvalue weighted by atomic mass is 15.1. The van der Waals surface area contributed by atoms with Crippen molar-refractivity contribution in [3.8, 4) is 0 Å². The summed E-state index contributed by atoms with van der Waals surface area (Å²) in [7, 11) is 0. The predicted octanol–water partition coefficient (Wildman–Crippen LogP) is 2.31. The highest BCUT2D eigenvalue weighted by molar-refractivity contribution is 5.82. The molecule has 1 aromatic carbocycles. The van der Waals surface area contributed by atoms with Crippen molar-refractivity contribution in [2.24, 2.45) is 0 Å². The van der Waals surface area contributed by atoms with Crippen LogP contribution in [-0.4, -0.2) is 10.2 Å². The first-order valence-corrected chi connectivity index (χ1v) is 4.10. The standard InChI is InChI=1S/C10H11N2/c1-3-9-8-6-7(2)4-5-10(8)12-11-9/h4-6H,2-3H2,1H3,(H,11,12). The zero-order valence-corrected chi connectivity index (χ0v) is 7.09. The van der Waals surface area contributed by atoms with E-state index in [1.54, 1.807) is 0 Å². The number of aromatic amines is 1. The minimum absolute atomic E-state index is 0.962. The van der Waals surface area contributed by atoms with Gasteiger partial charge in [-0.15, -0.1) is 0 Å². The molecular weight excluding hydrogens is 148 g/mol. The van der Waals surface area contributed by atoms with E-state index in [4.69, 9.17) is 0 Å². The van der Waals surface area contributed by atoms with Gasteiger partial charge in [-0.2, -0.15) is 5.10 Å². The first-order valence-electron chi connectivity index (χ1n) is 4.10. The number of aryl methyl sites for hydroxylation is 1. The number of H-pyrrole nitrogens is 1. The summed E-state index contributed by atoms with van der Waals surface area (Å²) in [6.45, 7) is 5.99. The van der Waals surface area contributed by atoms with Crippen LogP contribution in [0.5, 0.6) is 0 Å². The van der Waals surface area contributed by atoms with Crippen LogP contribution in [-0.2, 0) is 6.42 Å². The molecule has 0 saturated heterocycles. The molecule has 1 aromatic heterocycles. The summed E-state index contributed by atoms with van der Waals surface area (Å²) in [6.07, 6.45) is 0.962. The van der Waals surface area contributed by atoms with Crippen LogP contribution in [0, 0.1) is 6.92 Å². The summed E-state index contributed by atoms with van der Waals surface area (Å²) in [6, 6.07) is 6.07. The van der Waals surface area contributed by atoms with Crippen LogP contribution >= 0.6 is 0 Å². The molecule has 0 saturated carbocycles. The van der Waals surface area contributed by atoms with Crippen molar-refractivity contribution in [3.05, 3.63) is 36.4 Å². The molecule has 2 nitrogen and oxygen atoms in total. The Hall–Kier alpha value is -1.31. The Balaban J connectivity index is 2.75. The lowest BCUT2D eigenvalue weighted by atomic mass is 10.1. The van der Waals surface area contributed by atoms with E-state index in [2.05, 4.69) is 30.1 Å². The molecule has 0 amide bonds. The van der Waals surface area contributed by atoms with Gasteiger partial charge >= 0.3 is 0 Å². The Morgan fingerprint density at radius 3 is 3.08 bits per heavy atom. The molecule has 0 bridgehead atoms. The molecule has 0 spiro atoms. The predicted molar refractivity (Wildman–Crippen MR) is 49.9 cm³/mol. The second-order valence-electron chi connectivity index (χ2n) is 2.90. The normalized spacial score (nSPS) is 10.8. The fraction of sp³-hybridized carbons (Fsp3) is 0.200. The molecule has 1 heterocycles. The van der Waals surface area contributed by atoms with Gasteiger partial charge in [0.05, 0.1) is 11.2 Å². The first-order chi connectivity index (χ1) is 5.81. The Morgan fingerprint density at radius 2 is 2.33 bits per heavy atom. The van der Waals surface area contributed by atoms with Crippen LogP contribution in [0.1, 0.15) is 18.2 Å². The van der Waals surface area contributed by atoms with Gasteiger partial charge in [0, 0.05) is 5.39 Å². The Bertz CT molecular complexity index is 401. The third-order valence-corrected chi connectivity index (χ3v) is 2.04. The molecule has 0 aliphatic rings. The van der Waals surface area contributed by atoms with Crippen LogP contribution in [0.15, 0.2) is 18.2 Å². The minimum Gasteiger partial charge on any atom is -0.278 e. The van der Waals surface area contributed by atoms with Gasteiger partial charge in [-0.3, -0.25) is 5.10 Å². The number of hydrogen-bond donors (Lipinski definition) is 1. The summed E-state index contributed by atoms with van der Waals surface area (Å²) in [5, 5.41) is 8.39. The summed E-state index contributed by atoms with van der Waals surface area (Å²) < 4.78 is 0. The number of aromatic nitrogens is 2. The van der Waals surface area contributed by atoms with Gasteiger partial charge in [-0.1, -0.05) is 13.0 Å². The van der Waals surface area contributed by atoms with Gasteiger partial charge in [0.25, 0.3) is 0 Å². The average molecular weight is 159 g/mol. The van der Waals surface area contributed by atoms with E-state index in [1.807, 2.05) is 12.1 Å². The van der Waals surface area contributed by atoms with Crippen LogP contribution in [0.3, 0.4) is 0 Å². The van der Waals surface area contributed by atoms with Crippen LogP contribution < -0.4 is 0 Å². The highest BCUT2D eigenvalue weighted by Gasteiger charge is 2.02. The second kappa shape index (κ2) is 2.63. The maximum absolute atomic E-state index is 4.20. The first kappa shape index (κ1) is 7.35. The van der Waals surface area contributed by atoms with E-state index >= 15 is 0 Å². The quantitative estimate of drug-likeness (QED) is 0.679. The SMILES string of the molecule is [CH2]c1ccc2[nH]nc(CC)c2c1. The van der Waals surface area contributed by atoms with E-state index in [9.17, 15) is 0 Å². The number of fused-ring (bicyclic) bond motifs is 1. The van der Waals surface area contributed by atoms with E-state index in [0.29, 0.717) is 0 Å². The van der Waals surface area contributed by atoms with Gasteiger partial charge in [-0.05, 0) is 31.0 Å². The molecule has 1 N–H and O–H groups in total. The highest BCUT2D eigenvalue weighted by Crippen LogP contribution is 2.17. The third-order valence-electron chi connectivity index (χ3n) is 2.04. The molecule has 0 aliphatic carbocycles. The molecule has 2 rings (SSSR count).